The Balaban J connectivity index is 1.32. The molecule has 0 radical (unpaired) electrons. The van der Waals surface area contributed by atoms with Gasteiger partial charge in [-0.1, -0.05) is 19.1 Å². The molecule has 0 unspecified atom stereocenters. The zero-order valence-corrected chi connectivity index (χ0v) is 21.0. The van der Waals surface area contributed by atoms with Gasteiger partial charge in [0.1, 0.15) is 5.75 Å². The van der Waals surface area contributed by atoms with E-state index in [1.807, 2.05) is 53.4 Å². The monoisotopic (exact) mass is 521 g/mol. The maximum atomic E-state index is 12.8. The van der Waals surface area contributed by atoms with Crippen molar-refractivity contribution in [2.24, 2.45) is 0 Å². The average molecular weight is 522 g/mol. The molecule has 1 fully saturated rings. The number of nitrogens with zero attached hydrogens (tertiary/aromatic N) is 2. The molecular formula is C27H28BrN3O3. The number of methoxy groups -OCH3 is 1. The van der Waals surface area contributed by atoms with Gasteiger partial charge in [-0.05, 0) is 82.5 Å². The lowest BCUT2D eigenvalue weighted by molar-refractivity contribution is 0.0746. The molecule has 1 aliphatic rings. The minimum atomic E-state index is -0.185. The molecule has 4 rings (SSSR count). The van der Waals surface area contributed by atoms with E-state index in [1.54, 1.807) is 25.3 Å². The van der Waals surface area contributed by atoms with E-state index >= 15 is 0 Å². The highest BCUT2D eigenvalue weighted by Gasteiger charge is 2.22. The van der Waals surface area contributed by atoms with Crippen LogP contribution in [0.5, 0.6) is 5.75 Å². The topological polar surface area (TPSA) is 61.9 Å². The van der Waals surface area contributed by atoms with Crippen LogP contribution >= 0.6 is 15.9 Å². The molecule has 0 saturated carbocycles. The van der Waals surface area contributed by atoms with Crippen molar-refractivity contribution in [2.75, 3.05) is 43.5 Å². The van der Waals surface area contributed by atoms with E-state index < -0.39 is 0 Å². The summed E-state index contributed by atoms with van der Waals surface area (Å²) in [6.07, 6.45) is 0.967. The van der Waals surface area contributed by atoms with Crippen LogP contribution in [0.4, 0.5) is 11.4 Å². The minimum absolute atomic E-state index is 0.0885. The highest BCUT2D eigenvalue weighted by atomic mass is 79.9. The van der Waals surface area contributed by atoms with Crippen molar-refractivity contribution in [3.8, 4) is 5.75 Å². The molecule has 1 saturated heterocycles. The van der Waals surface area contributed by atoms with E-state index in [0.29, 0.717) is 24.4 Å². The number of piperazine rings is 1. The molecule has 6 nitrogen and oxygen atoms in total. The van der Waals surface area contributed by atoms with Crippen LogP contribution in [-0.2, 0) is 6.42 Å². The Hall–Kier alpha value is -3.32. The summed E-state index contributed by atoms with van der Waals surface area (Å²) >= 11 is 3.41. The van der Waals surface area contributed by atoms with Crippen LogP contribution in [0.2, 0.25) is 0 Å². The van der Waals surface area contributed by atoms with Crippen LogP contribution in [0, 0.1) is 0 Å². The van der Waals surface area contributed by atoms with Crippen molar-refractivity contribution in [2.45, 2.75) is 13.3 Å². The fourth-order valence-corrected chi connectivity index (χ4v) is 4.54. The minimum Gasteiger partial charge on any atom is -0.496 e. The van der Waals surface area contributed by atoms with Gasteiger partial charge < -0.3 is 19.9 Å². The normalized spacial score (nSPS) is 13.5. The molecule has 1 N–H and O–H groups in total. The van der Waals surface area contributed by atoms with E-state index in [4.69, 9.17) is 4.74 Å². The molecule has 3 aromatic carbocycles. The van der Waals surface area contributed by atoms with Crippen LogP contribution in [-0.4, -0.2) is 50.0 Å². The Morgan fingerprint density at radius 2 is 1.56 bits per heavy atom. The number of hydrogen-bond donors (Lipinski definition) is 1. The molecular weight excluding hydrogens is 494 g/mol. The van der Waals surface area contributed by atoms with Gasteiger partial charge in [-0.15, -0.1) is 0 Å². The molecule has 1 heterocycles. The molecule has 0 aromatic heterocycles. The van der Waals surface area contributed by atoms with Gasteiger partial charge in [-0.3, -0.25) is 9.59 Å². The fourth-order valence-electron chi connectivity index (χ4n) is 4.00. The Kier molecular flexibility index (Phi) is 7.53. The smallest absolute Gasteiger partial charge is 0.255 e. The van der Waals surface area contributed by atoms with Crippen molar-refractivity contribution in [1.82, 2.24) is 4.90 Å². The number of benzene rings is 3. The van der Waals surface area contributed by atoms with Crippen LogP contribution in [0.15, 0.2) is 71.2 Å². The Morgan fingerprint density at radius 3 is 2.15 bits per heavy atom. The second-order valence-corrected chi connectivity index (χ2v) is 9.03. The van der Waals surface area contributed by atoms with E-state index in [9.17, 15) is 9.59 Å². The number of carbonyl (C=O) groups excluding carboxylic acids is 2. The molecule has 1 aliphatic heterocycles. The van der Waals surface area contributed by atoms with Gasteiger partial charge in [0.2, 0.25) is 0 Å². The third kappa shape index (κ3) is 5.42. The number of ether oxygens (including phenoxy) is 1. The number of nitrogens with one attached hydrogen (secondary N) is 1. The Bertz CT molecular complexity index is 1150. The maximum absolute atomic E-state index is 12.8. The first kappa shape index (κ1) is 23.8. The number of anilines is 2. The third-order valence-electron chi connectivity index (χ3n) is 6.08. The number of carbonyl (C=O) groups is 2. The van der Waals surface area contributed by atoms with Crippen molar-refractivity contribution < 1.29 is 14.3 Å². The Labute approximate surface area is 208 Å². The fraction of sp³-hybridized carbons (Fsp3) is 0.259. The summed E-state index contributed by atoms with van der Waals surface area (Å²) in [6, 6.07) is 20.9. The first-order valence-electron chi connectivity index (χ1n) is 11.4. The first-order valence-corrected chi connectivity index (χ1v) is 12.2. The summed E-state index contributed by atoms with van der Waals surface area (Å²) in [5.41, 5.74) is 4.32. The second kappa shape index (κ2) is 10.7. The van der Waals surface area contributed by atoms with Gasteiger partial charge in [0.15, 0.2) is 0 Å². The number of aryl methyl sites for hydroxylation is 1. The standard InChI is InChI=1S/C27H28BrN3O3/c1-3-19-4-6-20(7-5-19)27(33)31-16-14-30(15-17-31)23-11-9-22(10-12-23)29-26(32)21-8-13-25(34-2)24(28)18-21/h4-13,18H,3,14-17H2,1-2H3,(H,29,32). The van der Waals surface area contributed by atoms with Gasteiger partial charge in [0, 0.05) is 48.7 Å². The summed E-state index contributed by atoms with van der Waals surface area (Å²) in [5, 5.41) is 2.93. The van der Waals surface area contributed by atoms with Gasteiger partial charge in [-0.2, -0.15) is 0 Å². The molecule has 0 bridgehead atoms. The predicted octanol–water partition coefficient (Wildman–Crippen LogP) is 5.23. The second-order valence-electron chi connectivity index (χ2n) is 8.18. The zero-order valence-electron chi connectivity index (χ0n) is 19.4. The third-order valence-corrected chi connectivity index (χ3v) is 6.70. The number of rotatable bonds is 6. The SMILES string of the molecule is CCc1ccc(C(=O)N2CCN(c3ccc(NC(=O)c4ccc(OC)c(Br)c4)cc3)CC2)cc1. The average Bonchev–Trinajstić information content (AvgIpc) is 2.89. The lowest BCUT2D eigenvalue weighted by Gasteiger charge is -2.36. The molecule has 0 aliphatic carbocycles. The summed E-state index contributed by atoms with van der Waals surface area (Å²) in [7, 11) is 1.59. The van der Waals surface area contributed by atoms with Gasteiger partial charge in [0.05, 0.1) is 11.6 Å². The predicted molar refractivity (Wildman–Crippen MR) is 139 cm³/mol. The number of hydrogen-bond acceptors (Lipinski definition) is 4. The molecule has 0 atom stereocenters. The Morgan fingerprint density at radius 1 is 0.912 bits per heavy atom. The van der Waals surface area contributed by atoms with E-state index in [2.05, 4.69) is 33.1 Å². The van der Waals surface area contributed by atoms with Crippen LogP contribution in [0.3, 0.4) is 0 Å². The first-order chi connectivity index (χ1) is 16.5. The lowest BCUT2D eigenvalue weighted by atomic mass is 10.1. The van der Waals surface area contributed by atoms with Gasteiger partial charge >= 0.3 is 0 Å². The summed E-state index contributed by atoms with van der Waals surface area (Å²) < 4.78 is 5.94. The van der Waals surface area contributed by atoms with Crippen LogP contribution in [0.25, 0.3) is 0 Å². The van der Waals surface area contributed by atoms with Gasteiger partial charge in [0.25, 0.3) is 11.8 Å². The molecule has 176 valence electrons. The van der Waals surface area contributed by atoms with Gasteiger partial charge in [-0.25, -0.2) is 0 Å². The van der Waals surface area contributed by atoms with E-state index in [0.717, 1.165) is 40.9 Å². The van der Waals surface area contributed by atoms with Crippen LogP contribution < -0.4 is 15.0 Å². The molecule has 0 spiro atoms. The van der Waals surface area contributed by atoms with E-state index in [1.165, 1.54) is 5.56 Å². The zero-order chi connectivity index (χ0) is 24.1. The van der Waals surface area contributed by atoms with Crippen molar-refractivity contribution in [1.29, 1.82) is 0 Å². The van der Waals surface area contributed by atoms with Crippen LogP contribution in [0.1, 0.15) is 33.2 Å². The number of halogens is 1. The quantitative estimate of drug-likeness (QED) is 0.482. The molecule has 3 aromatic rings. The molecule has 34 heavy (non-hydrogen) atoms. The highest BCUT2D eigenvalue weighted by molar-refractivity contribution is 9.10. The molecule has 7 heteroatoms. The summed E-state index contributed by atoms with van der Waals surface area (Å²) in [5.74, 6) is 0.581. The van der Waals surface area contributed by atoms with Crippen molar-refractivity contribution >= 4 is 39.1 Å². The maximum Gasteiger partial charge on any atom is 0.255 e. The van der Waals surface area contributed by atoms with Crippen molar-refractivity contribution in [3.63, 3.8) is 0 Å². The highest BCUT2D eigenvalue weighted by Crippen LogP contribution is 2.26. The number of amides is 2. The van der Waals surface area contributed by atoms with Crippen molar-refractivity contribution in [3.05, 3.63) is 87.9 Å². The lowest BCUT2D eigenvalue weighted by Crippen LogP contribution is -2.48. The largest absolute Gasteiger partial charge is 0.496 e. The molecule has 2 amide bonds. The summed E-state index contributed by atoms with van der Waals surface area (Å²) in [6.45, 7) is 5.00. The summed E-state index contributed by atoms with van der Waals surface area (Å²) in [4.78, 5) is 29.6. The van der Waals surface area contributed by atoms with E-state index in [-0.39, 0.29) is 11.8 Å².